The molecule has 1 aliphatic rings. The Morgan fingerprint density at radius 3 is 2.55 bits per heavy atom. The molecule has 31 heavy (non-hydrogen) atoms. The number of hydrogen-bond donors (Lipinski definition) is 1. The summed E-state index contributed by atoms with van der Waals surface area (Å²) in [5.41, 5.74) is 4.20. The number of rotatable bonds is 4. The maximum Gasteiger partial charge on any atom is 0.254 e. The molecule has 1 unspecified atom stereocenters. The number of nitrogens with zero attached hydrogens (tertiary/aromatic N) is 6. The molecule has 1 atom stereocenters. The molecule has 9 heteroatoms. The molecule has 9 nitrogen and oxygen atoms in total. The molecule has 2 aromatic heterocycles. The van der Waals surface area contributed by atoms with Crippen LogP contribution in [0.25, 0.3) is 22.4 Å². The van der Waals surface area contributed by atoms with Crippen LogP contribution >= 0.6 is 0 Å². The Bertz CT molecular complexity index is 1210. The van der Waals surface area contributed by atoms with Crippen LogP contribution in [0.1, 0.15) is 34.8 Å². The van der Waals surface area contributed by atoms with Crippen LogP contribution in [0, 0.1) is 6.92 Å². The summed E-state index contributed by atoms with van der Waals surface area (Å²) in [6.45, 7) is 6.85. The molecular weight excluding hydrogens is 394 g/mol. The zero-order valence-electron chi connectivity index (χ0n) is 17.4. The zero-order chi connectivity index (χ0) is 21.4. The summed E-state index contributed by atoms with van der Waals surface area (Å²) in [4.78, 5) is 21.6. The number of amides is 1. The van der Waals surface area contributed by atoms with Crippen LogP contribution in [0.3, 0.4) is 0 Å². The molecule has 1 amide bonds. The lowest BCUT2D eigenvalue weighted by Gasteiger charge is -2.36. The number of H-pyrrole nitrogens is 1. The van der Waals surface area contributed by atoms with Crippen molar-refractivity contribution in [3.8, 4) is 11.4 Å². The van der Waals surface area contributed by atoms with Gasteiger partial charge in [-0.2, -0.15) is 20.4 Å². The minimum absolute atomic E-state index is 0.0108. The Hall–Kier alpha value is -3.59. The summed E-state index contributed by atoms with van der Waals surface area (Å²) in [5, 5.41) is 14.8. The second-order valence-corrected chi connectivity index (χ2v) is 7.85. The van der Waals surface area contributed by atoms with Crippen molar-refractivity contribution >= 4 is 16.9 Å². The third-order valence-corrected chi connectivity index (χ3v) is 5.82. The first-order valence-electron chi connectivity index (χ1n) is 10.3. The molecule has 1 aliphatic heterocycles. The smallest absolute Gasteiger partial charge is 0.254 e. The summed E-state index contributed by atoms with van der Waals surface area (Å²) in [6, 6.07) is 13.4. The number of piperazine rings is 1. The number of aromatic amines is 1. The van der Waals surface area contributed by atoms with E-state index in [-0.39, 0.29) is 11.9 Å². The second kappa shape index (κ2) is 7.92. The largest absolute Gasteiger partial charge is 0.337 e. The number of benzene rings is 2. The minimum Gasteiger partial charge on any atom is -0.337 e. The van der Waals surface area contributed by atoms with Crippen molar-refractivity contribution in [2.75, 3.05) is 26.2 Å². The molecule has 2 aromatic carbocycles. The third kappa shape index (κ3) is 3.79. The number of carbonyl (C=O) groups excluding carboxylic acids is 1. The lowest BCUT2D eigenvalue weighted by molar-refractivity contribution is 0.0552. The predicted molar refractivity (Wildman–Crippen MR) is 114 cm³/mol. The highest BCUT2D eigenvalue weighted by Gasteiger charge is 2.28. The van der Waals surface area contributed by atoms with E-state index in [1.807, 2.05) is 42.2 Å². The van der Waals surface area contributed by atoms with E-state index in [0.717, 1.165) is 24.2 Å². The minimum atomic E-state index is -0.0181. The first kappa shape index (κ1) is 19.4. The van der Waals surface area contributed by atoms with Crippen LogP contribution in [-0.4, -0.2) is 67.4 Å². The molecule has 158 valence electrons. The Morgan fingerprint density at radius 2 is 1.77 bits per heavy atom. The number of hydrogen-bond acceptors (Lipinski definition) is 7. The fourth-order valence-corrected chi connectivity index (χ4v) is 3.85. The summed E-state index contributed by atoms with van der Waals surface area (Å²) in [6.07, 6.45) is 0. The molecule has 0 aliphatic carbocycles. The van der Waals surface area contributed by atoms with Gasteiger partial charge in [-0.05, 0) is 32.0 Å². The number of carbonyl (C=O) groups is 1. The lowest BCUT2D eigenvalue weighted by atomic mass is 10.1. The van der Waals surface area contributed by atoms with Gasteiger partial charge in [0.15, 0.2) is 0 Å². The standard InChI is InChI=1S/C22H23N7O2/c1-14-3-5-16(6-4-14)20-23-21(31-26-20)15(2)28-9-11-29(12-10-28)22(30)17-7-8-18-19(13-17)25-27-24-18/h3-8,13,15H,9-12H2,1-2H3,(H,24,25,27). The van der Waals surface area contributed by atoms with Crippen LogP contribution in [-0.2, 0) is 0 Å². The van der Waals surface area contributed by atoms with E-state index >= 15 is 0 Å². The van der Waals surface area contributed by atoms with Gasteiger partial charge in [0.05, 0.1) is 6.04 Å². The maximum absolute atomic E-state index is 12.9. The Balaban J connectivity index is 1.23. The van der Waals surface area contributed by atoms with Crippen LogP contribution in [0.2, 0.25) is 0 Å². The van der Waals surface area contributed by atoms with Gasteiger partial charge in [0.2, 0.25) is 11.7 Å². The van der Waals surface area contributed by atoms with Crippen molar-refractivity contribution in [1.82, 2.24) is 35.4 Å². The summed E-state index contributed by atoms with van der Waals surface area (Å²) in [5.74, 6) is 1.20. The second-order valence-electron chi connectivity index (χ2n) is 7.85. The molecule has 4 aromatic rings. The van der Waals surface area contributed by atoms with Gasteiger partial charge in [0, 0.05) is 37.3 Å². The topological polar surface area (TPSA) is 104 Å². The molecule has 0 radical (unpaired) electrons. The third-order valence-electron chi connectivity index (χ3n) is 5.82. The first-order chi connectivity index (χ1) is 15.1. The SMILES string of the molecule is Cc1ccc(-c2noc(C(C)N3CCN(C(=O)c4ccc5n[nH]nc5c4)CC3)n2)cc1. The molecular formula is C22H23N7O2. The molecule has 0 saturated carbocycles. The van der Waals surface area contributed by atoms with Gasteiger partial charge in [-0.1, -0.05) is 35.0 Å². The quantitative estimate of drug-likeness (QED) is 0.544. The fourth-order valence-electron chi connectivity index (χ4n) is 3.85. The Morgan fingerprint density at radius 1 is 1.03 bits per heavy atom. The number of aromatic nitrogens is 5. The predicted octanol–water partition coefficient (Wildman–Crippen LogP) is 2.84. The van der Waals surface area contributed by atoms with E-state index in [4.69, 9.17) is 4.52 Å². The molecule has 1 fully saturated rings. The van der Waals surface area contributed by atoms with E-state index < -0.39 is 0 Å². The average molecular weight is 417 g/mol. The van der Waals surface area contributed by atoms with Gasteiger partial charge in [-0.25, -0.2) is 0 Å². The van der Waals surface area contributed by atoms with Crippen molar-refractivity contribution in [2.45, 2.75) is 19.9 Å². The van der Waals surface area contributed by atoms with Gasteiger partial charge in [0.25, 0.3) is 5.91 Å². The highest BCUT2D eigenvalue weighted by Crippen LogP contribution is 2.24. The van der Waals surface area contributed by atoms with Crippen molar-refractivity contribution in [3.63, 3.8) is 0 Å². The molecule has 5 rings (SSSR count). The molecule has 1 saturated heterocycles. The van der Waals surface area contributed by atoms with E-state index in [2.05, 4.69) is 37.4 Å². The summed E-state index contributed by atoms with van der Waals surface area (Å²) >= 11 is 0. The van der Waals surface area contributed by atoms with E-state index in [1.54, 1.807) is 12.1 Å². The lowest BCUT2D eigenvalue weighted by Crippen LogP contribution is -2.49. The fraction of sp³-hybridized carbons (Fsp3) is 0.318. The monoisotopic (exact) mass is 417 g/mol. The average Bonchev–Trinajstić information content (AvgIpc) is 3.48. The summed E-state index contributed by atoms with van der Waals surface area (Å²) < 4.78 is 5.54. The molecule has 1 N–H and O–H groups in total. The van der Waals surface area contributed by atoms with Crippen molar-refractivity contribution in [3.05, 3.63) is 59.5 Å². The molecule has 3 heterocycles. The van der Waals surface area contributed by atoms with Gasteiger partial charge in [-0.3, -0.25) is 9.69 Å². The van der Waals surface area contributed by atoms with Crippen molar-refractivity contribution < 1.29 is 9.32 Å². The number of fused-ring (bicyclic) bond motifs is 1. The van der Waals surface area contributed by atoms with Crippen LogP contribution in [0.15, 0.2) is 47.0 Å². The van der Waals surface area contributed by atoms with Crippen LogP contribution in [0.4, 0.5) is 0 Å². The van der Waals surface area contributed by atoms with Crippen LogP contribution in [0.5, 0.6) is 0 Å². The van der Waals surface area contributed by atoms with Gasteiger partial charge in [0.1, 0.15) is 11.0 Å². The highest BCUT2D eigenvalue weighted by molar-refractivity contribution is 5.97. The van der Waals surface area contributed by atoms with E-state index in [1.165, 1.54) is 5.56 Å². The normalized spacial score (nSPS) is 16.0. The van der Waals surface area contributed by atoms with Gasteiger partial charge in [-0.15, -0.1) is 0 Å². The first-order valence-corrected chi connectivity index (χ1v) is 10.3. The van der Waals surface area contributed by atoms with Crippen molar-refractivity contribution in [1.29, 1.82) is 0 Å². The zero-order valence-corrected chi connectivity index (χ0v) is 17.4. The number of aryl methyl sites for hydroxylation is 1. The maximum atomic E-state index is 12.9. The van der Waals surface area contributed by atoms with Crippen molar-refractivity contribution in [2.24, 2.45) is 0 Å². The molecule has 0 spiro atoms. The Kier molecular flexibility index (Phi) is 4.95. The van der Waals surface area contributed by atoms with Gasteiger partial charge < -0.3 is 9.42 Å². The number of nitrogens with one attached hydrogen (secondary N) is 1. The van der Waals surface area contributed by atoms with Gasteiger partial charge >= 0.3 is 0 Å². The highest BCUT2D eigenvalue weighted by atomic mass is 16.5. The van der Waals surface area contributed by atoms with E-state index in [9.17, 15) is 4.79 Å². The van der Waals surface area contributed by atoms with E-state index in [0.29, 0.717) is 35.9 Å². The van der Waals surface area contributed by atoms with Crippen LogP contribution < -0.4 is 0 Å². The summed E-state index contributed by atoms with van der Waals surface area (Å²) in [7, 11) is 0. The Labute approximate surface area is 179 Å². The molecule has 0 bridgehead atoms.